The molecule has 0 N–H and O–H groups in total. The van der Waals surface area contributed by atoms with Crippen LogP contribution in [0.25, 0.3) is 0 Å². The van der Waals surface area contributed by atoms with Crippen LogP contribution in [0.1, 0.15) is 89.5 Å². The van der Waals surface area contributed by atoms with Gasteiger partial charge in [0.1, 0.15) is 0 Å². The van der Waals surface area contributed by atoms with Crippen LogP contribution in [0, 0.1) is 0 Å². The standard InChI is InChI=1S/C23H38O3/c1-2-3-4-5-9-15-20-25-23(24)26-21-16-10-7-6-8-12-17-22-18-13-11-14-19-22/h11,13-14,18-19H,2-10,12,15-17,20-21H2,1H3. The first kappa shape index (κ1) is 22.5. The molecule has 0 aliphatic carbocycles. The quantitative estimate of drug-likeness (QED) is 0.233. The van der Waals surface area contributed by atoms with Crippen molar-refractivity contribution in [2.75, 3.05) is 13.2 Å². The average Bonchev–Trinajstić information content (AvgIpc) is 2.67. The molecular formula is C23H38O3. The highest BCUT2D eigenvalue weighted by Gasteiger charge is 2.03. The molecule has 0 spiro atoms. The average molecular weight is 363 g/mol. The molecule has 3 heteroatoms. The fourth-order valence-electron chi connectivity index (χ4n) is 3.02. The first-order valence-electron chi connectivity index (χ1n) is 10.7. The van der Waals surface area contributed by atoms with Gasteiger partial charge in [0.15, 0.2) is 0 Å². The first-order valence-corrected chi connectivity index (χ1v) is 10.7. The van der Waals surface area contributed by atoms with Crippen molar-refractivity contribution in [3.05, 3.63) is 35.9 Å². The lowest BCUT2D eigenvalue weighted by Crippen LogP contribution is -2.09. The van der Waals surface area contributed by atoms with E-state index < -0.39 is 6.16 Å². The Morgan fingerprint density at radius 2 is 1.19 bits per heavy atom. The van der Waals surface area contributed by atoms with E-state index in [0.29, 0.717) is 13.2 Å². The molecule has 0 heterocycles. The van der Waals surface area contributed by atoms with Gasteiger partial charge >= 0.3 is 6.16 Å². The van der Waals surface area contributed by atoms with Crippen LogP contribution in [-0.4, -0.2) is 19.4 Å². The van der Waals surface area contributed by atoms with E-state index in [-0.39, 0.29) is 0 Å². The van der Waals surface area contributed by atoms with Gasteiger partial charge in [-0.3, -0.25) is 0 Å². The molecule has 26 heavy (non-hydrogen) atoms. The molecule has 0 amide bonds. The molecule has 0 bridgehead atoms. The van der Waals surface area contributed by atoms with Gasteiger partial charge in [0.05, 0.1) is 13.2 Å². The summed E-state index contributed by atoms with van der Waals surface area (Å²) in [5.41, 5.74) is 1.43. The van der Waals surface area contributed by atoms with Crippen molar-refractivity contribution < 1.29 is 14.3 Å². The molecule has 0 radical (unpaired) electrons. The highest BCUT2D eigenvalue weighted by molar-refractivity contribution is 5.59. The Labute approximate surface area is 160 Å². The number of hydrogen-bond donors (Lipinski definition) is 0. The second-order valence-corrected chi connectivity index (χ2v) is 7.07. The molecule has 0 saturated carbocycles. The summed E-state index contributed by atoms with van der Waals surface area (Å²) in [5.74, 6) is 0. The first-order chi connectivity index (χ1) is 12.8. The molecule has 1 aromatic carbocycles. The number of hydrogen-bond acceptors (Lipinski definition) is 3. The van der Waals surface area contributed by atoms with Gasteiger partial charge in [-0.25, -0.2) is 4.79 Å². The van der Waals surface area contributed by atoms with Crippen molar-refractivity contribution in [2.24, 2.45) is 0 Å². The van der Waals surface area contributed by atoms with Crippen LogP contribution in [0.15, 0.2) is 30.3 Å². The highest BCUT2D eigenvalue weighted by Crippen LogP contribution is 2.10. The Morgan fingerprint density at radius 1 is 0.692 bits per heavy atom. The molecule has 0 aromatic heterocycles. The summed E-state index contributed by atoms with van der Waals surface area (Å²) in [7, 11) is 0. The van der Waals surface area contributed by atoms with E-state index in [1.165, 1.54) is 63.4 Å². The predicted octanol–water partition coefficient (Wildman–Crippen LogP) is 7.08. The lowest BCUT2D eigenvalue weighted by molar-refractivity contribution is 0.0529. The number of unbranched alkanes of at least 4 members (excludes halogenated alkanes) is 10. The van der Waals surface area contributed by atoms with Gasteiger partial charge in [-0.1, -0.05) is 95.0 Å². The summed E-state index contributed by atoms with van der Waals surface area (Å²) < 4.78 is 10.2. The van der Waals surface area contributed by atoms with Crippen LogP contribution in [0.3, 0.4) is 0 Å². The Kier molecular flexibility index (Phi) is 14.7. The maximum atomic E-state index is 11.4. The molecule has 148 valence electrons. The normalized spacial score (nSPS) is 10.7. The minimum atomic E-state index is -0.499. The van der Waals surface area contributed by atoms with E-state index in [1.807, 2.05) is 0 Å². The van der Waals surface area contributed by atoms with Crippen LogP contribution >= 0.6 is 0 Å². The number of benzene rings is 1. The molecule has 0 saturated heterocycles. The third-order valence-electron chi connectivity index (χ3n) is 4.64. The lowest BCUT2D eigenvalue weighted by atomic mass is 10.1. The largest absolute Gasteiger partial charge is 0.508 e. The summed E-state index contributed by atoms with van der Waals surface area (Å²) in [5, 5.41) is 0. The number of carbonyl (C=O) groups is 1. The van der Waals surface area contributed by atoms with Crippen LogP contribution < -0.4 is 0 Å². The summed E-state index contributed by atoms with van der Waals surface area (Å²) in [6.07, 6.45) is 14.9. The summed E-state index contributed by atoms with van der Waals surface area (Å²) >= 11 is 0. The number of ether oxygens (including phenoxy) is 2. The third kappa shape index (κ3) is 13.7. The third-order valence-corrected chi connectivity index (χ3v) is 4.64. The molecular weight excluding hydrogens is 324 g/mol. The van der Waals surface area contributed by atoms with Crippen LogP contribution in [0.5, 0.6) is 0 Å². The van der Waals surface area contributed by atoms with Crippen molar-refractivity contribution in [2.45, 2.75) is 90.4 Å². The zero-order chi connectivity index (χ0) is 18.7. The minimum absolute atomic E-state index is 0.485. The lowest BCUT2D eigenvalue weighted by Gasteiger charge is -2.06. The van der Waals surface area contributed by atoms with Crippen LogP contribution in [0.4, 0.5) is 4.79 Å². The smallest absolute Gasteiger partial charge is 0.434 e. The number of carbonyl (C=O) groups excluding carboxylic acids is 1. The number of aryl methyl sites for hydroxylation is 1. The molecule has 1 rings (SSSR count). The van der Waals surface area contributed by atoms with E-state index >= 15 is 0 Å². The van der Waals surface area contributed by atoms with Gasteiger partial charge < -0.3 is 9.47 Å². The van der Waals surface area contributed by atoms with E-state index in [9.17, 15) is 4.79 Å². The fourth-order valence-corrected chi connectivity index (χ4v) is 3.02. The van der Waals surface area contributed by atoms with Crippen molar-refractivity contribution >= 4 is 6.16 Å². The molecule has 1 aromatic rings. The molecule has 0 atom stereocenters. The van der Waals surface area contributed by atoms with E-state index in [2.05, 4.69) is 37.3 Å². The summed E-state index contributed by atoms with van der Waals surface area (Å²) in [6.45, 7) is 3.19. The highest BCUT2D eigenvalue weighted by atomic mass is 16.7. The Morgan fingerprint density at radius 3 is 1.77 bits per heavy atom. The Balaban J connectivity index is 1.78. The Hall–Kier alpha value is -1.51. The van der Waals surface area contributed by atoms with Gasteiger partial charge in [-0.15, -0.1) is 0 Å². The van der Waals surface area contributed by atoms with Crippen molar-refractivity contribution in [1.82, 2.24) is 0 Å². The maximum absolute atomic E-state index is 11.4. The van der Waals surface area contributed by atoms with Crippen LogP contribution in [-0.2, 0) is 15.9 Å². The monoisotopic (exact) mass is 362 g/mol. The second kappa shape index (κ2) is 16.9. The van der Waals surface area contributed by atoms with Crippen LogP contribution in [0.2, 0.25) is 0 Å². The van der Waals surface area contributed by atoms with E-state index in [0.717, 1.165) is 25.7 Å². The van der Waals surface area contributed by atoms with Gasteiger partial charge in [0.2, 0.25) is 0 Å². The Bertz CT molecular complexity index is 430. The van der Waals surface area contributed by atoms with E-state index in [1.54, 1.807) is 0 Å². The topological polar surface area (TPSA) is 35.5 Å². The molecule has 0 aliphatic rings. The predicted molar refractivity (Wildman–Crippen MR) is 109 cm³/mol. The van der Waals surface area contributed by atoms with Gasteiger partial charge in [0, 0.05) is 0 Å². The molecule has 0 unspecified atom stereocenters. The van der Waals surface area contributed by atoms with Crippen molar-refractivity contribution in [3.63, 3.8) is 0 Å². The maximum Gasteiger partial charge on any atom is 0.508 e. The summed E-state index contributed by atoms with van der Waals surface area (Å²) in [4.78, 5) is 11.4. The zero-order valence-corrected chi connectivity index (χ0v) is 16.7. The second-order valence-electron chi connectivity index (χ2n) is 7.07. The number of rotatable bonds is 16. The molecule has 0 aliphatic heterocycles. The SMILES string of the molecule is CCCCCCCCOC(=O)OCCCCCCCCc1ccccc1. The fraction of sp³-hybridized carbons (Fsp3) is 0.696. The van der Waals surface area contributed by atoms with Crippen molar-refractivity contribution in [3.8, 4) is 0 Å². The molecule has 0 fully saturated rings. The van der Waals surface area contributed by atoms with Gasteiger partial charge in [-0.05, 0) is 31.2 Å². The molecule has 3 nitrogen and oxygen atoms in total. The summed E-state index contributed by atoms with van der Waals surface area (Å²) in [6, 6.07) is 10.7. The zero-order valence-electron chi connectivity index (χ0n) is 16.7. The minimum Gasteiger partial charge on any atom is -0.434 e. The van der Waals surface area contributed by atoms with Crippen molar-refractivity contribution in [1.29, 1.82) is 0 Å². The van der Waals surface area contributed by atoms with E-state index in [4.69, 9.17) is 9.47 Å². The van der Waals surface area contributed by atoms with Gasteiger partial charge in [-0.2, -0.15) is 0 Å². The van der Waals surface area contributed by atoms with Gasteiger partial charge in [0.25, 0.3) is 0 Å².